The van der Waals surface area contributed by atoms with Gasteiger partial charge in [0.25, 0.3) is 5.91 Å². The molecule has 7 nitrogen and oxygen atoms in total. The number of halogens is 3. The van der Waals surface area contributed by atoms with E-state index in [0.717, 1.165) is 17.3 Å². The summed E-state index contributed by atoms with van der Waals surface area (Å²) in [4.78, 5) is 25.3. The molecule has 2 heterocycles. The van der Waals surface area contributed by atoms with Gasteiger partial charge < -0.3 is 15.2 Å². The van der Waals surface area contributed by atoms with Crippen LogP contribution in [0.2, 0.25) is 0 Å². The van der Waals surface area contributed by atoms with Crippen molar-refractivity contribution in [2.45, 2.75) is 44.7 Å². The average Bonchev–Trinajstić information content (AvgIpc) is 3.23. The molecule has 0 spiro atoms. The van der Waals surface area contributed by atoms with Crippen molar-refractivity contribution in [3.63, 3.8) is 0 Å². The third kappa shape index (κ3) is 5.73. The van der Waals surface area contributed by atoms with Crippen molar-refractivity contribution in [2.24, 2.45) is 0 Å². The van der Waals surface area contributed by atoms with Crippen molar-refractivity contribution in [3.8, 4) is 0 Å². The molecule has 2 unspecified atom stereocenters. The first-order valence-electron chi connectivity index (χ1n) is 10.0. The van der Waals surface area contributed by atoms with E-state index < -0.39 is 35.7 Å². The van der Waals surface area contributed by atoms with Gasteiger partial charge in [-0.1, -0.05) is 18.2 Å². The number of alkyl halides is 3. The minimum Gasteiger partial charge on any atom is -0.391 e. The number of rotatable bonds is 8. The molecule has 2 N–H and O–H groups in total. The lowest BCUT2D eigenvalue weighted by atomic mass is 9.92. The zero-order valence-electron chi connectivity index (χ0n) is 18.1. The largest absolute Gasteiger partial charge is 0.451 e. The summed E-state index contributed by atoms with van der Waals surface area (Å²) in [6.07, 6.45) is -2.57. The van der Waals surface area contributed by atoms with Crippen LogP contribution >= 0.6 is 11.3 Å². The number of carbonyl (C=O) groups excluding carboxylic acids is 1. The number of hydrogen-bond donors (Lipinski definition) is 2. The van der Waals surface area contributed by atoms with Crippen molar-refractivity contribution in [2.75, 3.05) is 6.61 Å². The number of carbonyl (C=O) groups is 1. The van der Waals surface area contributed by atoms with E-state index in [4.69, 9.17) is 4.74 Å². The molecule has 0 radical (unpaired) electrons. The van der Waals surface area contributed by atoms with Gasteiger partial charge in [-0.15, -0.1) is 11.3 Å². The zero-order chi connectivity index (χ0) is 24.2. The molecule has 11 heteroatoms. The van der Waals surface area contributed by atoms with Crippen molar-refractivity contribution < 1.29 is 27.8 Å². The number of thiazole rings is 1. The summed E-state index contributed by atoms with van der Waals surface area (Å²) in [6, 6.07) is 8.35. The lowest BCUT2D eigenvalue weighted by molar-refractivity contribution is -0.145. The Labute approximate surface area is 192 Å². The van der Waals surface area contributed by atoms with E-state index in [0.29, 0.717) is 10.6 Å². The van der Waals surface area contributed by atoms with E-state index in [1.807, 2.05) is 6.92 Å². The highest BCUT2D eigenvalue weighted by atomic mass is 32.1. The fourth-order valence-electron chi connectivity index (χ4n) is 2.93. The van der Waals surface area contributed by atoms with Gasteiger partial charge in [0.15, 0.2) is 0 Å². The Hall–Kier alpha value is -2.89. The molecule has 0 aliphatic heterocycles. The Morgan fingerprint density at radius 3 is 2.27 bits per heavy atom. The van der Waals surface area contributed by atoms with Crippen molar-refractivity contribution in [1.29, 1.82) is 0 Å². The molecule has 0 aliphatic rings. The standard InChI is InChI=1S/C22H23F3N4O3S/c1-13-9-28-20(33-13)21(12-32-15(3)14(2)30,29-18(31)16-7-5-4-6-8-16)17-10-26-19(27-11-17)22(23,24)25/h4-11,14-15,30H,12H2,1-3H3,(H,29,31)/t14?,15?,21-/m0/s1. The van der Waals surface area contributed by atoms with Crippen molar-refractivity contribution in [1.82, 2.24) is 20.3 Å². The molecule has 1 aromatic carbocycles. The molecule has 1 amide bonds. The molecule has 3 atom stereocenters. The van der Waals surface area contributed by atoms with Gasteiger partial charge in [0.2, 0.25) is 5.82 Å². The molecule has 0 bridgehead atoms. The summed E-state index contributed by atoms with van der Waals surface area (Å²) >= 11 is 1.25. The normalized spacial score (nSPS) is 15.5. The van der Waals surface area contributed by atoms with Crippen LogP contribution in [0.5, 0.6) is 0 Å². The number of amides is 1. The van der Waals surface area contributed by atoms with E-state index in [2.05, 4.69) is 20.3 Å². The Bertz CT molecular complexity index is 1070. The van der Waals surface area contributed by atoms with Gasteiger partial charge in [-0.25, -0.2) is 15.0 Å². The minimum absolute atomic E-state index is 0.159. The number of nitrogens with one attached hydrogen (secondary N) is 1. The number of aliphatic hydroxyl groups excluding tert-OH is 1. The van der Waals surface area contributed by atoms with Crippen LogP contribution in [0, 0.1) is 6.92 Å². The average molecular weight is 481 g/mol. The molecule has 0 saturated heterocycles. The third-order valence-electron chi connectivity index (χ3n) is 4.99. The highest BCUT2D eigenvalue weighted by Gasteiger charge is 2.42. The Morgan fingerprint density at radius 1 is 1.12 bits per heavy atom. The predicted octanol–water partition coefficient (Wildman–Crippen LogP) is 3.72. The Morgan fingerprint density at radius 2 is 1.76 bits per heavy atom. The number of hydrogen-bond acceptors (Lipinski definition) is 7. The highest BCUT2D eigenvalue weighted by molar-refractivity contribution is 7.11. The van der Waals surface area contributed by atoms with Crippen LogP contribution in [0.4, 0.5) is 13.2 Å². The summed E-state index contributed by atoms with van der Waals surface area (Å²) in [7, 11) is 0. The summed E-state index contributed by atoms with van der Waals surface area (Å²) in [5.74, 6) is -1.79. The van der Waals surface area contributed by atoms with Crippen LogP contribution in [0.3, 0.4) is 0 Å². The van der Waals surface area contributed by atoms with E-state index in [9.17, 15) is 23.1 Å². The Balaban J connectivity index is 2.12. The third-order valence-corrected chi connectivity index (χ3v) is 6.06. The smallest absolute Gasteiger partial charge is 0.391 e. The lowest BCUT2D eigenvalue weighted by Crippen LogP contribution is -2.51. The number of ether oxygens (including phenoxy) is 1. The van der Waals surface area contributed by atoms with Crippen molar-refractivity contribution in [3.05, 3.63) is 75.8 Å². The highest BCUT2D eigenvalue weighted by Crippen LogP contribution is 2.35. The molecule has 3 aromatic rings. The maximum Gasteiger partial charge on any atom is 0.451 e. The maximum absolute atomic E-state index is 13.2. The molecule has 0 aliphatic carbocycles. The first-order chi connectivity index (χ1) is 15.5. The summed E-state index contributed by atoms with van der Waals surface area (Å²) in [5.41, 5.74) is -1.00. The molecular weight excluding hydrogens is 457 g/mol. The van der Waals surface area contributed by atoms with Gasteiger partial charge in [-0.2, -0.15) is 13.2 Å². The van der Waals surface area contributed by atoms with Crippen LogP contribution in [-0.2, 0) is 16.5 Å². The molecular formula is C22H23F3N4O3S. The summed E-state index contributed by atoms with van der Waals surface area (Å²) in [6.45, 7) is 4.78. The topological polar surface area (TPSA) is 97.2 Å². The van der Waals surface area contributed by atoms with E-state index in [-0.39, 0.29) is 12.2 Å². The van der Waals surface area contributed by atoms with Crippen LogP contribution in [-0.4, -0.2) is 44.8 Å². The fraction of sp³-hybridized carbons (Fsp3) is 0.364. The molecule has 3 rings (SSSR count). The van der Waals surface area contributed by atoms with Crippen LogP contribution in [0.15, 0.2) is 48.9 Å². The van der Waals surface area contributed by atoms with Gasteiger partial charge >= 0.3 is 6.18 Å². The molecule has 0 saturated carbocycles. The molecule has 176 valence electrons. The second kappa shape index (κ2) is 9.94. The van der Waals surface area contributed by atoms with Gasteiger partial charge in [-0.3, -0.25) is 4.79 Å². The van der Waals surface area contributed by atoms with Gasteiger partial charge in [0, 0.05) is 34.6 Å². The number of aliphatic hydroxyl groups is 1. The summed E-state index contributed by atoms with van der Waals surface area (Å²) < 4.78 is 45.0. The van der Waals surface area contributed by atoms with Gasteiger partial charge in [0.05, 0.1) is 18.8 Å². The number of aromatic nitrogens is 3. The maximum atomic E-state index is 13.2. The van der Waals surface area contributed by atoms with Crippen molar-refractivity contribution >= 4 is 17.2 Å². The molecule has 0 fully saturated rings. The second-order valence-corrected chi connectivity index (χ2v) is 8.79. The summed E-state index contributed by atoms with van der Waals surface area (Å²) in [5, 5.41) is 13.1. The SMILES string of the molecule is Cc1cnc([C@@](COC(C)C(C)O)(NC(=O)c2ccccc2)c2cnc(C(F)(F)F)nc2)s1. The second-order valence-electron chi connectivity index (χ2n) is 7.55. The van der Waals surface area contributed by atoms with Crippen LogP contribution in [0.1, 0.15) is 45.5 Å². The first-order valence-corrected chi connectivity index (χ1v) is 10.8. The van der Waals surface area contributed by atoms with Gasteiger partial charge in [0.1, 0.15) is 10.5 Å². The monoisotopic (exact) mass is 480 g/mol. The zero-order valence-corrected chi connectivity index (χ0v) is 18.9. The van der Waals surface area contributed by atoms with Crippen LogP contribution in [0.25, 0.3) is 0 Å². The predicted molar refractivity (Wildman–Crippen MR) is 116 cm³/mol. The van der Waals surface area contributed by atoms with E-state index in [1.54, 1.807) is 50.4 Å². The minimum atomic E-state index is -4.72. The number of aryl methyl sites for hydroxylation is 1. The molecule has 33 heavy (non-hydrogen) atoms. The van der Waals surface area contributed by atoms with Crippen LogP contribution < -0.4 is 5.32 Å². The quantitative estimate of drug-likeness (QED) is 0.510. The molecule has 2 aromatic heterocycles. The number of benzene rings is 1. The number of nitrogens with zero attached hydrogens (tertiary/aromatic N) is 3. The van der Waals surface area contributed by atoms with Gasteiger partial charge in [-0.05, 0) is 32.9 Å². The first kappa shape index (κ1) is 24.7. The Kier molecular flexibility index (Phi) is 7.45. The fourth-order valence-corrected chi connectivity index (χ4v) is 3.85. The van der Waals surface area contributed by atoms with E-state index >= 15 is 0 Å². The van der Waals surface area contributed by atoms with E-state index in [1.165, 1.54) is 11.3 Å². The lowest BCUT2D eigenvalue weighted by Gasteiger charge is -2.34.